The predicted octanol–water partition coefficient (Wildman–Crippen LogP) is 2.62. The van der Waals surface area contributed by atoms with Crippen molar-refractivity contribution in [2.75, 3.05) is 6.61 Å². The van der Waals surface area contributed by atoms with E-state index in [0.717, 1.165) is 22.7 Å². The van der Waals surface area contributed by atoms with Crippen molar-refractivity contribution in [3.05, 3.63) is 45.4 Å². The second-order valence-corrected chi connectivity index (χ2v) is 5.06. The number of nitrogens with zero attached hydrogens (tertiary/aromatic N) is 1. The molecule has 3 rings (SSSR count). The largest absolute Gasteiger partial charge is 0.493 e. The lowest BCUT2D eigenvalue weighted by Crippen LogP contribution is -2.02. The fraction of sp³-hybridized carbons (Fsp3) is 0.231. The molecule has 86 valence electrons. The van der Waals surface area contributed by atoms with Gasteiger partial charge in [-0.1, -0.05) is 0 Å². The minimum absolute atomic E-state index is 0.0101. The van der Waals surface area contributed by atoms with Crippen LogP contribution in [0.25, 0.3) is 0 Å². The van der Waals surface area contributed by atoms with E-state index in [9.17, 15) is 4.79 Å². The van der Waals surface area contributed by atoms with Crippen molar-refractivity contribution < 1.29 is 9.53 Å². The number of rotatable bonds is 2. The first-order valence-electron chi connectivity index (χ1n) is 5.46. The van der Waals surface area contributed by atoms with Crippen LogP contribution >= 0.6 is 11.3 Å². The van der Waals surface area contributed by atoms with Gasteiger partial charge < -0.3 is 4.74 Å². The van der Waals surface area contributed by atoms with Gasteiger partial charge in [-0.3, -0.25) is 4.79 Å². The van der Waals surface area contributed by atoms with Gasteiger partial charge in [0.25, 0.3) is 0 Å². The van der Waals surface area contributed by atoms with Crippen LogP contribution < -0.4 is 4.74 Å². The number of fused-ring (bicyclic) bond motifs is 1. The summed E-state index contributed by atoms with van der Waals surface area (Å²) in [6, 6.07) is 5.59. The van der Waals surface area contributed by atoms with Crippen LogP contribution in [0.5, 0.6) is 5.75 Å². The van der Waals surface area contributed by atoms with Crippen molar-refractivity contribution in [3.63, 3.8) is 0 Å². The molecule has 0 aliphatic carbocycles. The van der Waals surface area contributed by atoms with E-state index in [0.29, 0.717) is 17.9 Å². The molecule has 2 heterocycles. The van der Waals surface area contributed by atoms with Gasteiger partial charge in [0.15, 0.2) is 0 Å². The molecule has 0 radical (unpaired) electrons. The van der Waals surface area contributed by atoms with Crippen molar-refractivity contribution in [2.24, 2.45) is 0 Å². The van der Waals surface area contributed by atoms with Crippen molar-refractivity contribution >= 4 is 17.1 Å². The number of carbonyl (C=O) groups is 1. The zero-order valence-electron chi connectivity index (χ0n) is 9.40. The zero-order chi connectivity index (χ0) is 11.8. The molecule has 0 spiro atoms. The molecule has 1 aliphatic heterocycles. The van der Waals surface area contributed by atoms with Crippen LogP contribution in [0.4, 0.5) is 0 Å². The first-order chi connectivity index (χ1) is 8.24. The molecule has 0 atom stereocenters. The highest BCUT2D eigenvalue weighted by atomic mass is 32.1. The molecule has 0 bridgehead atoms. The third-order valence-electron chi connectivity index (χ3n) is 2.80. The van der Waals surface area contributed by atoms with Gasteiger partial charge in [-0.05, 0) is 30.7 Å². The predicted molar refractivity (Wildman–Crippen MR) is 65.9 cm³/mol. The number of aromatic nitrogens is 1. The van der Waals surface area contributed by atoms with Crippen LogP contribution in [-0.4, -0.2) is 17.4 Å². The summed E-state index contributed by atoms with van der Waals surface area (Å²) < 4.78 is 5.42. The molecule has 1 aromatic heterocycles. The first kappa shape index (κ1) is 10.5. The lowest BCUT2D eigenvalue weighted by atomic mass is 10.0. The molecule has 2 aromatic rings. The minimum Gasteiger partial charge on any atom is -0.493 e. The summed E-state index contributed by atoms with van der Waals surface area (Å²) in [5.74, 6) is 0.889. The van der Waals surface area contributed by atoms with Gasteiger partial charge in [-0.25, -0.2) is 4.98 Å². The summed E-state index contributed by atoms with van der Waals surface area (Å²) in [5, 5.41) is 2.72. The molecular formula is C13H11NO2S. The molecule has 0 amide bonds. The number of ketones is 1. The summed E-state index contributed by atoms with van der Waals surface area (Å²) >= 11 is 1.50. The molecule has 1 aliphatic rings. The monoisotopic (exact) mass is 245 g/mol. The third-order valence-corrected chi connectivity index (χ3v) is 3.58. The van der Waals surface area contributed by atoms with E-state index >= 15 is 0 Å². The number of benzene rings is 1. The van der Waals surface area contributed by atoms with Crippen LogP contribution in [0.15, 0.2) is 23.6 Å². The molecule has 0 unspecified atom stereocenters. The van der Waals surface area contributed by atoms with Crippen LogP contribution in [0, 0.1) is 6.92 Å². The van der Waals surface area contributed by atoms with Crippen molar-refractivity contribution in [2.45, 2.75) is 13.3 Å². The SMILES string of the molecule is Cc1nc(C(=O)c2ccc3c(c2)CCO3)cs1. The molecule has 17 heavy (non-hydrogen) atoms. The van der Waals surface area contributed by atoms with E-state index in [1.165, 1.54) is 11.3 Å². The van der Waals surface area contributed by atoms with E-state index in [-0.39, 0.29) is 5.78 Å². The van der Waals surface area contributed by atoms with Gasteiger partial charge in [0, 0.05) is 17.4 Å². The fourth-order valence-electron chi connectivity index (χ4n) is 1.94. The van der Waals surface area contributed by atoms with E-state index < -0.39 is 0 Å². The average molecular weight is 245 g/mol. The average Bonchev–Trinajstić information content (AvgIpc) is 2.95. The maximum Gasteiger partial charge on any atom is 0.212 e. The second-order valence-electron chi connectivity index (χ2n) is 4.00. The Hall–Kier alpha value is -1.68. The maximum absolute atomic E-state index is 12.2. The molecule has 0 saturated carbocycles. The molecule has 1 aromatic carbocycles. The van der Waals surface area contributed by atoms with E-state index in [2.05, 4.69) is 4.98 Å². The summed E-state index contributed by atoms with van der Waals surface area (Å²) in [6.07, 6.45) is 0.881. The normalized spacial score (nSPS) is 13.2. The highest BCUT2D eigenvalue weighted by Crippen LogP contribution is 2.26. The van der Waals surface area contributed by atoms with Crippen LogP contribution in [0.2, 0.25) is 0 Å². The van der Waals surface area contributed by atoms with Gasteiger partial charge in [0.05, 0.1) is 11.6 Å². The number of hydrogen-bond donors (Lipinski definition) is 0. The Labute approximate surface area is 103 Å². The minimum atomic E-state index is -0.0101. The molecule has 0 fully saturated rings. The van der Waals surface area contributed by atoms with Crippen molar-refractivity contribution in [1.29, 1.82) is 0 Å². The van der Waals surface area contributed by atoms with Gasteiger partial charge in [0.1, 0.15) is 11.4 Å². The summed E-state index contributed by atoms with van der Waals surface area (Å²) in [6.45, 7) is 2.61. The van der Waals surface area contributed by atoms with Gasteiger partial charge in [-0.2, -0.15) is 0 Å². The lowest BCUT2D eigenvalue weighted by molar-refractivity contribution is 0.103. The number of ether oxygens (including phenoxy) is 1. The Balaban J connectivity index is 1.97. The Morgan fingerprint density at radius 1 is 1.47 bits per heavy atom. The quantitative estimate of drug-likeness (QED) is 0.763. The highest BCUT2D eigenvalue weighted by Gasteiger charge is 2.17. The summed E-state index contributed by atoms with van der Waals surface area (Å²) in [5.41, 5.74) is 2.34. The van der Waals surface area contributed by atoms with Crippen molar-refractivity contribution in [3.8, 4) is 5.75 Å². The lowest BCUT2D eigenvalue weighted by Gasteiger charge is -2.01. The molecular weight excluding hydrogens is 234 g/mol. The zero-order valence-corrected chi connectivity index (χ0v) is 10.2. The fourth-order valence-corrected chi connectivity index (χ4v) is 2.54. The summed E-state index contributed by atoms with van der Waals surface area (Å²) in [7, 11) is 0. The van der Waals surface area contributed by atoms with Gasteiger partial charge in [-0.15, -0.1) is 11.3 Å². The van der Waals surface area contributed by atoms with E-state index in [4.69, 9.17) is 4.74 Å². The molecule has 4 heteroatoms. The van der Waals surface area contributed by atoms with Crippen LogP contribution in [0.3, 0.4) is 0 Å². The second kappa shape index (κ2) is 3.96. The third kappa shape index (κ3) is 1.85. The number of thiazole rings is 1. The molecule has 0 saturated heterocycles. The van der Waals surface area contributed by atoms with E-state index in [1.807, 2.05) is 19.1 Å². The maximum atomic E-state index is 12.2. The van der Waals surface area contributed by atoms with Gasteiger partial charge >= 0.3 is 0 Å². The molecule has 0 N–H and O–H groups in total. The highest BCUT2D eigenvalue weighted by molar-refractivity contribution is 7.09. The van der Waals surface area contributed by atoms with Gasteiger partial charge in [0.2, 0.25) is 5.78 Å². The standard InChI is InChI=1S/C13H11NO2S/c1-8-14-11(7-17-8)13(15)10-2-3-12-9(6-10)4-5-16-12/h2-3,6-7H,4-5H2,1H3. The van der Waals surface area contributed by atoms with Crippen LogP contribution in [-0.2, 0) is 6.42 Å². The first-order valence-corrected chi connectivity index (χ1v) is 6.34. The number of hydrogen-bond acceptors (Lipinski definition) is 4. The number of aryl methyl sites for hydroxylation is 1. The van der Waals surface area contributed by atoms with Crippen LogP contribution in [0.1, 0.15) is 26.6 Å². The molecule has 3 nitrogen and oxygen atoms in total. The Bertz CT molecular complexity index is 589. The Kier molecular flexibility index (Phi) is 2.44. The number of carbonyl (C=O) groups excluding carboxylic acids is 1. The Morgan fingerprint density at radius 3 is 3.12 bits per heavy atom. The topological polar surface area (TPSA) is 39.2 Å². The van der Waals surface area contributed by atoms with Crippen molar-refractivity contribution in [1.82, 2.24) is 4.98 Å². The smallest absolute Gasteiger partial charge is 0.212 e. The van der Waals surface area contributed by atoms with E-state index in [1.54, 1.807) is 11.4 Å². The Morgan fingerprint density at radius 2 is 2.35 bits per heavy atom. The summed E-state index contributed by atoms with van der Waals surface area (Å²) in [4.78, 5) is 16.4.